The van der Waals surface area contributed by atoms with Gasteiger partial charge < -0.3 is 4.74 Å². The van der Waals surface area contributed by atoms with Crippen molar-refractivity contribution in [3.05, 3.63) is 63.6 Å². The molecule has 1 heterocycles. The molecule has 0 saturated carbocycles. The van der Waals surface area contributed by atoms with E-state index in [0.29, 0.717) is 26.9 Å². The Bertz CT molecular complexity index is 844. The van der Waals surface area contributed by atoms with Crippen LogP contribution in [-0.2, 0) is 9.53 Å². The Labute approximate surface area is 149 Å². The molecule has 1 aliphatic heterocycles. The molecule has 0 atom stereocenters. The fourth-order valence-electron chi connectivity index (χ4n) is 2.50. The van der Waals surface area contributed by atoms with Crippen molar-refractivity contribution in [3.8, 4) is 0 Å². The van der Waals surface area contributed by atoms with Crippen LogP contribution in [0, 0.1) is 0 Å². The van der Waals surface area contributed by atoms with Crippen LogP contribution in [0.1, 0.15) is 18.1 Å². The number of benzene rings is 2. The van der Waals surface area contributed by atoms with E-state index in [2.05, 4.69) is 0 Å². The van der Waals surface area contributed by atoms with Crippen LogP contribution in [0.15, 0.2) is 42.5 Å². The van der Waals surface area contributed by atoms with Crippen LogP contribution in [0.2, 0.25) is 10.0 Å². The van der Waals surface area contributed by atoms with E-state index in [9.17, 15) is 9.59 Å². The van der Waals surface area contributed by atoms with Gasteiger partial charge in [0.15, 0.2) is 0 Å². The fourth-order valence-corrected chi connectivity index (χ4v) is 2.79. The van der Waals surface area contributed by atoms with Gasteiger partial charge in [-0.3, -0.25) is 4.79 Å². The summed E-state index contributed by atoms with van der Waals surface area (Å²) in [6, 6.07) is 12.0. The van der Waals surface area contributed by atoms with Gasteiger partial charge in [-0.2, -0.15) is 0 Å². The van der Waals surface area contributed by atoms with E-state index in [1.807, 2.05) is 0 Å². The second kappa shape index (κ2) is 6.67. The number of ether oxygens (including phenoxy) is 1. The van der Waals surface area contributed by atoms with Gasteiger partial charge in [0.2, 0.25) is 0 Å². The smallest absolute Gasteiger partial charge is 0.421 e. The highest BCUT2D eigenvalue weighted by atomic mass is 35.5. The Morgan fingerprint density at radius 3 is 2.46 bits per heavy atom. The quantitative estimate of drug-likeness (QED) is 0.704. The summed E-state index contributed by atoms with van der Waals surface area (Å²) in [5, 5.41) is 1.04. The van der Waals surface area contributed by atoms with E-state index in [4.69, 9.17) is 27.9 Å². The van der Waals surface area contributed by atoms with E-state index < -0.39 is 12.0 Å². The van der Waals surface area contributed by atoms with Crippen LogP contribution in [0.3, 0.4) is 0 Å². The van der Waals surface area contributed by atoms with Gasteiger partial charge in [0.25, 0.3) is 5.91 Å². The standard InChI is InChI=1S/C18H13Cl2NO3/c1-2-24-18(23)21-16-10-13(20)7-8-14(16)15(17(21)22)9-11-3-5-12(19)6-4-11/h3-10H,2H2,1H3/b15-9+. The van der Waals surface area contributed by atoms with Gasteiger partial charge in [-0.05, 0) is 42.8 Å². The molecule has 0 spiro atoms. The summed E-state index contributed by atoms with van der Waals surface area (Å²) in [5.41, 5.74) is 2.25. The number of halogens is 2. The first-order valence-corrected chi connectivity index (χ1v) is 8.05. The van der Waals surface area contributed by atoms with Crippen LogP contribution in [-0.4, -0.2) is 18.6 Å². The minimum Gasteiger partial charge on any atom is -0.449 e. The van der Waals surface area contributed by atoms with E-state index in [0.717, 1.165) is 10.5 Å². The number of rotatable bonds is 2. The zero-order chi connectivity index (χ0) is 17.3. The van der Waals surface area contributed by atoms with Crippen LogP contribution in [0.25, 0.3) is 11.6 Å². The van der Waals surface area contributed by atoms with Crippen molar-refractivity contribution in [2.24, 2.45) is 0 Å². The first-order chi connectivity index (χ1) is 11.5. The number of hydrogen-bond donors (Lipinski definition) is 0. The van der Waals surface area contributed by atoms with Crippen molar-refractivity contribution in [1.82, 2.24) is 0 Å². The number of hydrogen-bond acceptors (Lipinski definition) is 3. The molecule has 0 fully saturated rings. The van der Waals surface area contributed by atoms with Gasteiger partial charge in [0.1, 0.15) is 0 Å². The summed E-state index contributed by atoms with van der Waals surface area (Å²) in [6.45, 7) is 1.86. The SMILES string of the molecule is CCOC(=O)N1C(=O)/C(=C/c2ccc(Cl)cc2)c2ccc(Cl)cc21. The highest BCUT2D eigenvalue weighted by Crippen LogP contribution is 2.39. The molecule has 0 saturated heterocycles. The number of anilines is 1. The number of carbonyl (C=O) groups excluding carboxylic acids is 2. The zero-order valence-electron chi connectivity index (χ0n) is 12.8. The van der Waals surface area contributed by atoms with Crippen molar-refractivity contribution >= 4 is 52.5 Å². The largest absolute Gasteiger partial charge is 0.449 e. The Kier molecular flexibility index (Phi) is 4.60. The Morgan fingerprint density at radius 1 is 1.12 bits per heavy atom. The van der Waals surface area contributed by atoms with Crippen molar-refractivity contribution in [1.29, 1.82) is 0 Å². The maximum atomic E-state index is 12.7. The predicted molar refractivity (Wildman–Crippen MR) is 95.3 cm³/mol. The molecule has 4 nitrogen and oxygen atoms in total. The van der Waals surface area contributed by atoms with Crippen molar-refractivity contribution in [2.45, 2.75) is 6.92 Å². The minimum absolute atomic E-state index is 0.175. The molecule has 6 heteroatoms. The summed E-state index contributed by atoms with van der Waals surface area (Å²) >= 11 is 11.9. The molecule has 2 amide bonds. The number of imide groups is 1. The van der Waals surface area contributed by atoms with Gasteiger partial charge >= 0.3 is 6.09 Å². The molecule has 2 aromatic carbocycles. The third kappa shape index (κ3) is 3.03. The van der Waals surface area contributed by atoms with E-state index >= 15 is 0 Å². The highest BCUT2D eigenvalue weighted by Gasteiger charge is 2.37. The second-order valence-corrected chi connectivity index (χ2v) is 5.98. The lowest BCUT2D eigenvalue weighted by Crippen LogP contribution is -2.34. The van der Waals surface area contributed by atoms with Crippen LogP contribution < -0.4 is 4.90 Å². The molecule has 122 valence electrons. The monoisotopic (exact) mass is 361 g/mol. The normalized spacial score (nSPS) is 14.9. The molecule has 24 heavy (non-hydrogen) atoms. The van der Waals surface area contributed by atoms with Gasteiger partial charge in [0.05, 0.1) is 17.9 Å². The lowest BCUT2D eigenvalue weighted by atomic mass is 10.0. The lowest BCUT2D eigenvalue weighted by Gasteiger charge is -2.14. The predicted octanol–water partition coefficient (Wildman–Crippen LogP) is 5.04. The topological polar surface area (TPSA) is 46.6 Å². The molecule has 2 aromatic rings. The Balaban J connectivity index is 2.10. The van der Waals surface area contributed by atoms with Gasteiger partial charge in [-0.1, -0.05) is 41.4 Å². The van der Waals surface area contributed by atoms with E-state index in [1.54, 1.807) is 55.5 Å². The second-order valence-electron chi connectivity index (χ2n) is 5.11. The van der Waals surface area contributed by atoms with E-state index in [-0.39, 0.29) is 6.61 Å². The Hall–Kier alpha value is -2.30. The first kappa shape index (κ1) is 16.6. The number of carbonyl (C=O) groups is 2. The van der Waals surface area contributed by atoms with Crippen molar-refractivity contribution in [2.75, 3.05) is 11.5 Å². The average molecular weight is 362 g/mol. The molecule has 0 N–H and O–H groups in total. The van der Waals surface area contributed by atoms with Crippen LogP contribution in [0.5, 0.6) is 0 Å². The summed E-state index contributed by atoms with van der Waals surface area (Å²) in [4.78, 5) is 25.9. The van der Waals surface area contributed by atoms with Crippen molar-refractivity contribution in [3.63, 3.8) is 0 Å². The highest BCUT2D eigenvalue weighted by molar-refractivity contribution is 6.42. The number of fused-ring (bicyclic) bond motifs is 1. The third-order valence-corrected chi connectivity index (χ3v) is 4.04. The molecule has 0 aliphatic carbocycles. The molecule has 3 rings (SSSR count). The van der Waals surface area contributed by atoms with Gasteiger partial charge in [-0.25, -0.2) is 9.69 Å². The molecule has 0 unspecified atom stereocenters. The van der Waals surface area contributed by atoms with Crippen LogP contribution >= 0.6 is 23.2 Å². The summed E-state index contributed by atoms with van der Waals surface area (Å²) in [5.74, 6) is -0.444. The molecular weight excluding hydrogens is 349 g/mol. The fraction of sp³-hybridized carbons (Fsp3) is 0.111. The van der Waals surface area contributed by atoms with Gasteiger partial charge in [-0.15, -0.1) is 0 Å². The summed E-state index contributed by atoms with van der Waals surface area (Å²) in [7, 11) is 0. The maximum Gasteiger partial charge on any atom is 0.421 e. The zero-order valence-corrected chi connectivity index (χ0v) is 14.3. The third-order valence-electron chi connectivity index (χ3n) is 3.56. The molecule has 1 aliphatic rings. The first-order valence-electron chi connectivity index (χ1n) is 7.29. The lowest BCUT2D eigenvalue weighted by molar-refractivity contribution is -0.112. The van der Waals surface area contributed by atoms with Gasteiger partial charge in [0, 0.05) is 15.6 Å². The number of amides is 2. The Morgan fingerprint density at radius 2 is 1.79 bits per heavy atom. The molecule has 0 aromatic heterocycles. The van der Waals surface area contributed by atoms with E-state index in [1.165, 1.54) is 0 Å². The summed E-state index contributed by atoms with van der Waals surface area (Å²) < 4.78 is 4.99. The molecular formula is C18H13Cl2NO3. The summed E-state index contributed by atoms with van der Waals surface area (Å²) in [6.07, 6.45) is 0.996. The average Bonchev–Trinajstić information content (AvgIpc) is 2.81. The van der Waals surface area contributed by atoms with Crippen LogP contribution in [0.4, 0.5) is 10.5 Å². The maximum absolute atomic E-state index is 12.7. The molecule has 0 bridgehead atoms. The molecule has 0 radical (unpaired) electrons. The van der Waals surface area contributed by atoms with Crippen molar-refractivity contribution < 1.29 is 14.3 Å². The minimum atomic E-state index is -0.717. The number of nitrogens with zero attached hydrogens (tertiary/aromatic N) is 1.